The van der Waals surface area contributed by atoms with Gasteiger partial charge in [0.1, 0.15) is 5.69 Å². The minimum atomic E-state index is -0.412. The van der Waals surface area contributed by atoms with Gasteiger partial charge in [-0.3, -0.25) is 19.8 Å². The summed E-state index contributed by atoms with van der Waals surface area (Å²) in [6.07, 6.45) is 2.04. The van der Waals surface area contributed by atoms with Crippen molar-refractivity contribution in [2.24, 2.45) is 0 Å². The third kappa shape index (κ3) is 5.03. The molecular formula is C23H27ClN4O4. The lowest BCUT2D eigenvalue weighted by Crippen LogP contribution is -2.44. The van der Waals surface area contributed by atoms with Gasteiger partial charge in [0, 0.05) is 49.4 Å². The van der Waals surface area contributed by atoms with Crippen molar-refractivity contribution in [3.05, 3.63) is 68.7 Å². The third-order valence-corrected chi connectivity index (χ3v) is 6.43. The SMILES string of the molecule is O=C(NCC(c1ccccc1Cl)N1CCOCC1)c1ccc(N2CCCC2)c([N+](=O)[O-])c1. The van der Waals surface area contributed by atoms with Crippen molar-refractivity contribution in [2.75, 3.05) is 50.8 Å². The van der Waals surface area contributed by atoms with E-state index in [4.69, 9.17) is 16.3 Å². The number of hydrogen-bond acceptors (Lipinski definition) is 6. The highest BCUT2D eigenvalue weighted by Gasteiger charge is 2.27. The fourth-order valence-electron chi connectivity index (χ4n) is 4.40. The van der Waals surface area contributed by atoms with Gasteiger partial charge in [0.2, 0.25) is 0 Å². The number of halogens is 1. The van der Waals surface area contributed by atoms with Gasteiger partial charge in [0.25, 0.3) is 11.6 Å². The highest BCUT2D eigenvalue weighted by Crippen LogP contribution is 2.32. The molecule has 2 aromatic rings. The average molecular weight is 459 g/mol. The summed E-state index contributed by atoms with van der Waals surface area (Å²) in [7, 11) is 0. The maximum Gasteiger partial charge on any atom is 0.293 e. The summed E-state index contributed by atoms with van der Waals surface area (Å²) in [4.78, 5) is 28.4. The first kappa shape index (κ1) is 22.5. The van der Waals surface area contributed by atoms with E-state index in [9.17, 15) is 14.9 Å². The lowest BCUT2D eigenvalue weighted by molar-refractivity contribution is -0.384. The number of nitro groups is 1. The molecule has 1 amide bonds. The summed E-state index contributed by atoms with van der Waals surface area (Å²) in [5.41, 5.74) is 1.76. The Balaban J connectivity index is 1.52. The predicted molar refractivity (Wildman–Crippen MR) is 123 cm³/mol. The van der Waals surface area contributed by atoms with Crippen LogP contribution in [0.25, 0.3) is 0 Å². The number of morpholine rings is 1. The second-order valence-electron chi connectivity index (χ2n) is 8.05. The van der Waals surface area contributed by atoms with Crippen LogP contribution in [0.15, 0.2) is 42.5 Å². The van der Waals surface area contributed by atoms with Gasteiger partial charge in [0.15, 0.2) is 0 Å². The molecule has 2 heterocycles. The molecule has 2 aliphatic heterocycles. The second-order valence-corrected chi connectivity index (χ2v) is 8.46. The Bertz CT molecular complexity index is 974. The van der Waals surface area contributed by atoms with Crippen LogP contribution in [0.3, 0.4) is 0 Å². The van der Waals surface area contributed by atoms with Crippen molar-refractivity contribution in [2.45, 2.75) is 18.9 Å². The fourth-order valence-corrected chi connectivity index (χ4v) is 4.66. The van der Waals surface area contributed by atoms with E-state index in [-0.39, 0.29) is 23.2 Å². The van der Waals surface area contributed by atoms with Crippen molar-refractivity contribution >= 4 is 28.9 Å². The molecule has 0 saturated carbocycles. The summed E-state index contributed by atoms with van der Waals surface area (Å²) in [5.74, 6) is -0.341. The van der Waals surface area contributed by atoms with Crippen molar-refractivity contribution in [3.8, 4) is 0 Å². The fraction of sp³-hybridized carbons (Fsp3) is 0.435. The quantitative estimate of drug-likeness (QED) is 0.503. The van der Waals surface area contributed by atoms with Crippen molar-refractivity contribution < 1.29 is 14.5 Å². The molecule has 9 heteroatoms. The Kier molecular flexibility index (Phi) is 7.24. The first-order valence-electron chi connectivity index (χ1n) is 10.9. The molecule has 0 aliphatic carbocycles. The molecule has 8 nitrogen and oxygen atoms in total. The van der Waals surface area contributed by atoms with Crippen LogP contribution in [-0.2, 0) is 4.74 Å². The van der Waals surface area contributed by atoms with Crippen LogP contribution in [0, 0.1) is 10.1 Å². The number of nitro benzene ring substituents is 1. The number of hydrogen-bond donors (Lipinski definition) is 1. The minimum Gasteiger partial charge on any atom is -0.379 e. The van der Waals surface area contributed by atoms with E-state index in [0.29, 0.717) is 30.5 Å². The number of rotatable bonds is 7. The molecular weight excluding hydrogens is 432 g/mol. The molecule has 1 N–H and O–H groups in total. The highest BCUT2D eigenvalue weighted by atomic mass is 35.5. The topological polar surface area (TPSA) is 88.0 Å². The van der Waals surface area contributed by atoms with Gasteiger partial charge in [-0.25, -0.2) is 0 Å². The van der Waals surface area contributed by atoms with E-state index in [1.807, 2.05) is 29.2 Å². The number of benzene rings is 2. The monoisotopic (exact) mass is 458 g/mol. The maximum atomic E-state index is 12.9. The van der Waals surface area contributed by atoms with Crippen LogP contribution in [0.4, 0.5) is 11.4 Å². The van der Waals surface area contributed by atoms with Crippen LogP contribution >= 0.6 is 11.6 Å². The normalized spacial score (nSPS) is 17.8. The summed E-state index contributed by atoms with van der Waals surface area (Å²) in [5, 5.41) is 15.3. The molecule has 32 heavy (non-hydrogen) atoms. The van der Waals surface area contributed by atoms with Gasteiger partial charge in [0.05, 0.1) is 24.2 Å². The van der Waals surface area contributed by atoms with Crippen molar-refractivity contribution in [3.63, 3.8) is 0 Å². The zero-order valence-corrected chi connectivity index (χ0v) is 18.6. The van der Waals surface area contributed by atoms with Crippen molar-refractivity contribution in [1.29, 1.82) is 0 Å². The summed E-state index contributed by atoms with van der Waals surface area (Å²) < 4.78 is 5.47. The van der Waals surface area contributed by atoms with E-state index in [1.54, 1.807) is 12.1 Å². The van der Waals surface area contributed by atoms with Crippen LogP contribution < -0.4 is 10.2 Å². The average Bonchev–Trinajstić information content (AvgIpc) is 3.35. The lowest BCUT2D eigenvalue weighted by Gasteiger charge is -2.35. The van der Waals surface area contributed by atoms with Gasteiger partial charge < -0.3 is 15.0 Å². The van der Waals surface area contributed by atoms with Crippen LogP contribution in [0.5, 0.6) is 0 Å². The first-order chi connectivity index (χ1) is 15.5. The van der Waals surface area contributed by atoms with Crippen LogP contribution in [0.1, 0.15) is 34.8 Å². The van der Waals surface area contributed by atoms with Gasteiger partial charge in [-0.1, -0.05) is 29.8 Å². The van der Waals surface area contributed by atoms with Gasteiger partial charge in [-0.15, -0.1) is 0 Å². The molecule has 170 valence electrons. The van der Waals surface area contributed by atoms with Crippen LogP contribution in [0.2, 0.25) is 5.02 Å². The Morgan fingerprint density at radius 3 is 2.53 bits per heavy atom. The Morgan fingerprint density at radius 1 is 1.12 bits per heavy atom. The first-order valence-corrected chi connectivity index (χ1v) is 11.3. The third-order valence-electron chi connectivity index (χ3n) is 6.09. The molecule has 2 aromatic carbocycles. The number of nitrogens with one attached hydrogen (secondary N) is 1. The number of amides is 1. The van der Waals surface area contributed by atoms with E-state index < -0.39 is 4.92 Å². The summed E-state index contributed by atoms with van der Waals surface area (Å²) >= 11 is 6.46. The largest absolute Gasteiger partial charge is 0.379 e. The Morgan fingerprint density at radius 2 is 1.84 bits per heavy atom. The Labute approximate surface area is 192 Å². The number of ether oxygens (including phenoxy) is 1. The van der Waals surface area contributed by atoms with E-state index in [2.05, 4.69) is 10.2 Å². The molecule has 0 aromatic heterocycles. The standard InChI is InChI=1S/C23H27ClN4O4/c24-19-6-2-1-5-18(19)22(27-11-13-32-14-12-27)16-25-23(29)17-7-8-20(21(15-17)28(30)31)26-9-3-4-10-26/h1-2,5-8,15,22H,3-4,9-14,16H2,(H,25,29). The zero-order valence-electron chi connectivity index (χ0n) is 17.8. The second kappa shape index (κ2) is 10.3. The van der Waals surface area contributed by atoms with E-state index in [0.717, 1.165) is 44.6 Å². The molecule has 2 saturated heterocycles. The van der Waals surface area contributed by atoms with Crippen LogP contribution in [-0.4, -0.2) is 61.7 Å². The molecule has 0 radical (unpaired) electrons. The number of nitrogens with zero attached hydrogens (tertiary/aromatic N) is 3. The van der Waals surface area contributed by atoms with E-state index in [1.165, 1.54) is 6.07 Å². The molecule has 1 atom stereocenters. The molecule has 0 spiro atoms. The summed E-state index contributed by atoms with van der Waals surface area (Å²) in [6.45, 7) is 4.66. The summed E-state index contributed by atoms with van der Waals surface area (Å²) in [6, 6.07) is 12.2. The Hall–Kier alpha value is -2.68. The zero-order chi connectivity index (χ0) is 22.5. The number of anilines is 1. The van der Waals surface area contributed by atoms with Gasteiger partial charge >= 0.3 is 0 Å². The predicted octanol–water partition coefficient (Wildman–Crippen LogP) is 3.65. The molecule has 0 bridgehead atoms. The number of carbonyl (C=O) groups excluding carboxylic acids is 1. The van der Waals surface area contributed by atoms with E-state index >= 15 is 0 Å². The van der Waals surface area contributed by atoms with Gasteiger partial charge in [-0.2, -0.15) is 0 Å². The number of carbonyl (C=O) groups is 1. The minimum absolute atomic E-state index is 0.0321. The smallest absolute Gasteiger partial charge is 0.293 e. The maximum absolute atomic E-state index is 12.9. The molecule has 2 fully saturated rings. The molecule has 2 aliphatic rings. The van der Waals surface area contributed by atoms with Crippen molar-refractivity contribution in [1.82, 2.24) is 10.2 Å². The molecule has 4 rings (SSSR count). The lowest BCUT2D eigenvalue weighted by atomic mass is 10.0. The molecule has 1 unspecified atom stereocenters. The highest BCUT2D eigenvalue weighted by molar-refractivity contribution is 6.31. The van der Waals surface area contributed by atoms with Gasteiger partial charge in [-0.05, 0) is 36.6 Å².